The molecule has 0 aliphatic carbocycles. The third kappa shape index (κ3) is 39.7. The van der Waals surface area contributed by atoms with Crippen LogP contribution in [-0.4, -0.2) is 87.4 Å². The summed E-state index contributed by atoms with van der Waals surface area (Å²) in [4.78, 5) is 36.9. The number of aliphatic carboxylic acids is 1. The molecule has 0 fully saturated rings. The van der Waals surface area contributed by atoms with Crippen LogP contribution in [0.4, 0.5) is 0 Å². The topological polar surface area (TPSA) is 108 Å². The number of carbonyl (C=O) groups is 3. The standard InChI is InChI=1S/C48H73NO8/c1-6-8-10-12-14-16-18-20-21-22-23-24-25-27-29-31-33-35-37-39-46(51)57-44(43-56-48(47(52)53)54-41-40-49(3,4)5)42-55-45(50)38-36-34-32-30-28-26-19-17-15-13-11-9-7-2/h8-11,14-17,20-21,23-24,26-29,32-35,44,48H,6-7,12-13,18-19,22,25,30-31,36-43H2,1-5H3/p+1/b10-8-,11-9-,16-14-,17-15-,21-20-,24-23-,28-26-,29-27-,34-32-,35-33-. The van der Waals surface area contributed by atoms with Crippen LogP contribution < -0.4 is 0 Å². The number of likely N-dealkylation sites (N-methyl/N-ethyl adjacent to an activating group) is 1. The van der Waals surface area contributed by atoms with Gasteiger partial charge in [0.15, 0.2) is 6.10 Å². The molecular weight excluding hydrogens is 719 g/mol. The van der Waals surface area contributed by atoms with Crippen molar-refractivity contribution in [2.24, 2.45) is 0 Å². The number of rotatable bonds is 35. The second kappa shape index (κ2) is 38.6. The lowest BCUT2D eigenvalue weighted by Gasteiger charge is -2.25. The minimum atomic E-state index is -1.55. The molecule has 1 N–H and O–H groups in total. The lowest BCUT2D eigenvalue weighted by molar-refractivity contribution is -0.870. The molecular formula is C48H74NO8+. The van der Waals surface area contributed by atoms with Gasteiger partial charge in [0.2, 0.25) is 0 Å². The van der Waals surface area contributed by atoms with Crippen molar-refractivity contribution in [1.29, 1.82) is 0 Å². The molecule has 0 saturated carbocycles. The van der Waals surface area contributed by atoms with Crippen LogP contribution in [0.2, 0.25) is 0 Å². The Morgan fingerprint density at radius 3 is 1.25 bits per heavy atom. The number of carboxylic acids is 1. The highest BCUT2D eigenvalue weighted by molar-refractivity contribution is 5.71. The van der Waals surface area contributed by atoms with Crippen molar-refractivity contribution in [3.63, 3.8) is 0 Å². The highest BCUT2D eigenvalue weighted by Crippen LogP contribution is 2.07. The maximum atomic E-state index is 12.7. The van der Waals surface area contributed by atoms with Gasteiger partial charge in [-0.2, -0.15) is 0 Å². The van der Waals surface area contributed by atoms with E-state index in [0.717, 1.165) is 64.2 Å². The molecule has 318 valence electrons. The number of hydrogen-bond acceptors (Lipinski definition) is 7. The van der Waals surface area contributed by atoms with Gasteiger partial charge in [-0.25, -0.2) is 4.79 Å². The summed E-state index contributed by atoms with van der Waals surface area (Å²) in [6.07, 6.45) is 50.1. The molecule has 0 saturated heterocycles. The molecule has 57 heavy (non-hydrogen) atoms. The highest BCUT2D eigenvalue weighted by Gasteiger charge is 2.24. The van der Waals surface area contributed by atoms with Gasteiger partial charge in [-0.15, -0.1) is 0 Å². The fourth-order valence-corrected chi connectivity index (χ4v) is 4.58. The number of nitrogens with zero attached hydrogens (tertiary/aromatic N) is 1. The van der Waals surface area contributed by atoms with Gasteiger partial charge in [-0.1, -0.05) is 135 Å². The molecule has 0 bridgehead atoms. The first-order valence-electron chi connectivity index (χ1n) is 20.7. The molecule has 0 radical (unpaired) electrons. The summed E-state index contributed by atoms with van der Waals surface area (Å²) in [6.45, 7) is 4.41. The highest BCUT2D eigenvalue weighted by atomic mass is 16.7. The van der Waals surface area contributed by atoms with Crippen molar-refractivity contribution >= 4 is 17.9 Å². The molecule has 0 aromatic carbocycles. The predicted molar refractivity (Wildman–Crippen MR) is 234 cm³/mol. The van der Waals surface area contributed by atoms with Crippen LogP contribution in [0.25, 0.3) is 0 Å². The number of quaternary nitrogens is 1. The Morgan fingerprint density at radius 2 is 0.877 bits per heavy atom. The van der Waals surface area contributed by atoms with Gasteiger partial charge in [0, 0.05) is 12.8 Å². The Bertz CT molecular complexity index is 1340. The monoisotopic (exact) mass is 793 g/mol. The van der Waals surface area contributed by atoms with Crippen molar-refractivity contribution < 1.29 is 42.9 Å². The van der Waals surface area contributed by atoms with E-state index in [4.69, 9.17) is 18.9 Å². The summed E-state index contributed by atoms with van der Waals surface area (Å²) in [5, 5.41) is 9.61. The molecule has 0 rings (SSSR count). The molecule has 0 aliphatic rings. The van der Waals surface area contributed by atoms with Gasteiger partial charge in [0.05, 0.1) is 34.4 Å². The zero-order valence-electron chi connectivity index (χ0n) is 35.7. The molecule has 0 spiro atoms. The summed E-state index contributed by atoms with van der Waals surface area (Å²) >= 11 is 0. The van der Waals surface area contributed by atoms with E-state index in [2.05, 4.69) is 111 Å². The largest absolute Gasteiger partial charge is 0.477 e. The van der Waals surface area contributed by atoms with E-state index < -0.39 is 30.3 Å². The van der Waals surface area contributed by atoms with Crippen LogP contribution in [0.1, 0.15) is 104 Å². The molecule has 0 aliphatic heterocycles. The Morgan fingerprint density at radius 1 is 0.509 bits per heavy atom. The molecule has 0 amide bonds. The normalized spacial score (nSPS) is 14.2. The average Bonchev–Trinajstić information content (AvgIpc) is 3.17. The molecule has 0 heterocycles. The summed E-state index contributed by atoms with van der Waals surface area (Å²) in [5.41, 5.74) is 0. The van der Waals surface area contributed by atoms with Crippen molar-refractivity contribution in [2.75, 3.05) is 47.5 Å². The van der Waals surface area contributed by atoms with Gasteiger partial charge in [-0.3, -0.25) is 9.59 Å². The second-order valence-corrected chi connectivity index (χ2v) is 14.2. The SMILES string of the molecule is CC/C=C\C/C=C\C/C=C\C/C=C\C/C=C\C/C=C\CCC(=O)OC(COC(=O)CC/C=C\C/C=C\C/C=C\C/C=C\CC)COC(OCC[N+](C)(C)C)C(=O)O. The van der Waals surface area contributed by atoms with Gasteiger partial charge in [-0.05, 0) is 77.0 Å². The van der Waals surface area contributed by atoms with Crippen LogP contribution in [0.5, 0.6) is 0 Å². The van der Waals surface area contributed by atoms with E-state index in [1.165, 1.54) is 0 Å². The summed E-state index contributed by atoms with van der Waals surface area (Å²) in [7, 11) is 5.89. The van der Waals surface area contributed by atoms with Crippen LogP contribution >= 0.6 is 0 Å². The number of esters is 2. The Hall–Kier alpha value is -4.31. The van der Waals surface area contributed by atoms with Crippen LogP contribution in [0, 0.1) is 0 Å². The number of carbonyl (C=O) groups excluding carboxylic acids is 2. The van der Waals surface area contributed by atoms with Crippen LogP contribution in [0.3, 0.4) is 0 Å². The lowest BCUT2D eigenvalue weighted by atomic mass is 10.2. The minimum absolute atomic E-state index is 0.112. The second-order valence-electron chi connectivity index (χ2n) is 14.2. The molecule has 9 nitrogen and oxygen atoms in total. The summed E-state index contributed by atoms with van der Waals surface area (Å²) in [6, 6.07) is 0. The van der Waals surface area contributed by atoms with E-state index in [1.807, 2.05) is 45.4 Å². The first-order valence-corrected chi connectivity index (χ1v) is 20.7. The molecule has 2 unspecified atom stereocenters. The smallest absolute Gasteiger partial charge is 0.361 e. The summed E-state index contributed by atoms with van der Waals surface area (Å²) < 4.78 is 22.5. The first kappa shape index (κ1) is 52.7. The Kier molecular flexibility index (Phi) is 35.6. The quantitative estimate of drug-likeness (QED) is 0.0292. The van der Waals surface area contributed by atoms with E-state index in [9.17, 15) is 19.5 Å². The maximum absolute atomic E-state index is 12.7. The van der Waals surface area contributed by atoms with Crippen LogP contribution in [0.15, 0.2) is 122 Å². The van der Waals surface area contributed by atoms with Crippen molar-refractivity contribution in [3.8, 4) is 0 Å². The van der Waals surface area contributed by atoms with E-state index >= 15 is 0 Å². The van der Waals surface area contributed by atoms with Gasteiger partial charge in [0.25, 0.3) is 6.29 Å². The third-order valence-electron chi connectivity index (χ3n) is 7.74. The molecule has 2 atom stereocenters. The molecule has 0 aromatic rings. The lowest BCUT2D eigenvalue weighted by Crippen LogP contribution is -2.40. The predicted octanol–water partition coefficient (Wildman–Crippen LogP) is 10.7. The van der Waals surface area contributed by atoms with Crippen molar-refractivity contribution in [3.05, 3.63) is 122 Å². The van der Waals surface area contributed by atoms with Gasteiger partial charge >= 0.3 is 17.9 Å². The van der Waals surface area contributed by atoms with E-state index in [1.54, 1.807) is 0 Å². The van der Waals surface area contributed by atoms with Crippen molar-refractivity contribution in [2.45, 2.75) is 116 Å². The number of allylic oxidation sites excluding steroid dienone is 20. The fraction of sp³-hybridized carbons (Fsp3) is 0.521. The number of hydrogen-bond donors (Lipinski definition) is 1. The third-order valence-corrected chi connectivity index (χ3v) is 7.74. The molecule has 0 aromatic heterocycles. The van der Waals surface area contributed by atoms with E-state index in [-0.39, 0.29) is 32.7 Å². The number of ether oxygens (including phenoxy) is 4. The zero-order chi connectivity index (χ0) is 42.1. The number of carboxylic acid groups (broad SMARTS) is 1. The molecule has 9 heteroatoms. The van der Waals surface area contributed by atoms with Crippen molar-refractivity contribution in [1.82, 2.24) is 0 Å². The Balaban J connectivity index is 4.74. The average molecular weight is 793 g/mol. The van der Waals surface area contributed by atoms with Crippen LogP contribution in [-0.2, 0) is 33.3 Å². The van der Waals surface area contributed by atoms with Gasteiger partial charge < -0.3 is 28.5 Å². The summed E-state index contributed by atoms with van der Waals surface area (Å²) in [5.74, 6) is -2.25. The minimum Gasteiger partial charge on any atom is -0.477 e. The maximum Gasteiger partial charge on any atom is 0.361 e. The fourth-order valence-electron chi connectivity index (χ4n) is 4.58. The van der Waals surface area contributed by atoms with E-state index in [0.29, 0.717) is 23.9 Å². The first-order chi connectivity index (χ1) is 27.6. The zero-order valence-corrected chi connectivity index (χ0v) is 35.7. The van der Waals surface area contributed by atoms with Gasteiger partial charge in [0.1, 0.15) is 13.2 Å². The Labute approximate surface area is 345 Å².